The number of nitrogens with one attached hydrogen (secondary N) is 2. The van der Waals surface area contributed by atoms with E-state index in [0.29, 0.717) is 29.5 Å². The summed E-state index contributed by atoms with van der Waals surface area (Å²) in [4.78, 5) is 4.22. The molecule has 2 N–H and O–H groups in total. The minimum absolute atomic E-state index is 0.205. The van der Waals surface area contributed by atoms with Crippen molar-refractivity contribution in [3.63, 3.8) is 0 Å². The predicted octanol–water partition coefficient (Wildman–Crippen LogP) is 0.844. The first-order valence-electron chi connectivity index (χ1n) is 5.82. The Morgan fingerprint density at radius 2 is 2.11 bits per heavy atom. The number of aromatic amines is 1. The Kier molecular flexibility index (Phi) is 3.72. The maximum absolute atomic E-state index is 12.1. The molecular weight excluding hydrogens is 268 g/mol. The molecule has 0 fully saturated rings. The van der Waals surface area contributed by atoms with Crippen LogP contribution in [0.25, 0.3) is 0 Å². The maximum Gasteiger partial charge on any atom is 0.244 e. The van der Waals surface area contributed by atoms with Crippen LogP contribution in [0.1, 0.15) is 23.0 Å². The molecule has 0 saturated carbocycles. The lowest BCUT2D eigenvalue weighted by atomic mass is 10.4. The molecule has 0 aliphatic carbocycles. The van der Waals surface area contributed by atoms with E-state index in [1.54, 1.807) is 27.0 Å². The quantitative estimate of drug-likeness (QED) is 0.847. The number of oxazole rings is 1. The highest BCUT2D eigenvalue weighted by Gasteiger charge is 2.21. The summed E-state index contributed by atoms with van der Waals surface area (Å²) in [7, 11) is -3.55. The molecule has 0 amide bonds. The van der Waals surface area contributed by atoms with Crippen LogP contribution < -0.4 is 4.72 Å². The summed E-state index contributed by atoms with van der Waals surface area (Å²) in [5.41, 5.74) is 0.980. The number of sulfonamides is 1. The van der Waals surface area contributed by atoms with Gasteiger partial charge < -0.3 is 4.42 Å². The summed E-state index contributed by atoms with van der Waals surface area (Å²) in [6, 6.07) is 0. The van der Waals surface area contributed by atoms with E-state index in [2.05, 4.69) is 19.9 Å². The second-order valence-electron chi connectivity index (χ2n) is 4.28. The van der Waals surface area contributed by atoms with Crippen LogP contribution in [0.3, 0.4) is 0 Å². The van der Waals surface area contributed by atoms with E-state index in [9.17, 15) is 8.42 Å². The predicted molar refractivity (Wildman–Crippen MR) is 68.2 cm³/mol. The fourth-order valence-electron chi connectivity index (χ4n) is 1.82. The number of hydrogen-bond acceptors (Lipinski definition) is 5. The van der Waals surface area contributed by atoms with Gasteiger partial charge in [0.15, 0.2) is 5.89 Å². The van der Waals surface area contributed by atoms with Gasteiger partial charge in [0.1, 0.15) is 10.7 Å². The molecule has 2 aromatic heterocycles. The van der Waals surface area contributed by atoms with Gasteiger partial charge in [-0.05, 0) is 20.8 Å². The van der Waals surface area contributed by atoms with Crippen molar-refractivity contribution in [3.8, 4) is 0 Å². The van der Waals surface area contributed by atoms with Crippen LogP contribution >= 0.6 is 0 Å². The largest absolute Gasteiger partial charge is 0.446 e. The first kappa shape index (κ1) is 13.8. The van der Waals surface area contributed by atoms with Gasteiger partial charge in [-0.3, -0.25) is 5.10 Å². The van der Waals surface area contributed by atoms with Crippen molar-refractivity contribution in [2.75, 3.05) is 6.54 Å². The van der Waals surface area contributed by atoms with Crippen molar-refractivity contribution in [1.29, 1.82) is 0 Å². The Hall–Kier alpha value is -1.67. The van der Waals surface area contributed by atoms with Gasteiger partial charge in [-0.15, -0.1) is 0 Å². The smallest absolute Gasteiger partial charge is 0.244 e. The van der Waals surface area contributed by atoms with E-state index in [0.717, 1.165) is 0 Å². The molecule has 0 atom stereocenters. The molecule has 2 aromatic rings. The van der Waals surface area contributed by atoms with Crippen LogP contribution in [0.15, 0.2) is 15.5 Å². The average Bonchev–Trinajstić information content (AvgIpc) is 2.86. The van der Waals surface area contributed by atoms with Gasteiger partial charge in [-0.25, -0.2) is 18.1 Å². The van der Waals surface area contributed by atoms with E-state index in [-0.39, 0.29) is 11.4 Å². The lowest BCUT2D eigenvalue weighted by molar-refractivity contribution is 0.469. The van der Waals surface area contributed by atoms with Crippen LogP contribution in [0, 0.1) is 20.8 Å². The number of H-pyrrole nitrogens is 1. The summed E-state index contributed by atoms with van der Waals surface area (Å²) in [5, 5.41) is 6.53. The molecule has 0 aliphatic heterocycles. The zero-order valence-corrected chi connectivity index (χ0v) is 11.8. The number of aryl methyl sites for hydroxylation is 3. The molecule has 104 valence electrons. The first-order valence-corrected chi connectivity index (χ1v) is 7.31. The van der Waals surface area contributed by atoms with Crippen LogP contribution in [-0.4, -0.2) is 30.1 Å². The van der Waals surface area contributed by atoms with Gasteiger partial charge in [-0.1, -0.05) is 0 Å². The Morgan fingerprint density at radius 1 is 1.37 bits per heavy atom. The fourth-order valence-corrected chi connectivity index (χ4v) is 3.22. The number of hydrogen-bond donors (Lipinski definition) is 2. The van der Waals surface area contributed by atoms with E-state index < -0.39 is 10.0 Å². The van der Waals surface area contributed by atoms with Crippen molar-refractivity contribution in [3.05, 3.63) is 29.2 Å². The normalized spacial score (nSPS) is 11.9. The van der Waals surface area contributed by atoms with Crippen molar-refractivity contribution < 1.29 is 12.8 Å². The summed E-state index contributed by atoms with van der Waals surface area (Å²) in [5.74, 6) is 1.22. The third-order valence-electron chi connectivity index (χ3n) is 2.63. The summed E-state index contributed by atoms with van der Waals surface area (Å²) < 4.78 is 32.0. The molecule has 2 heterocycles. The molecule has 0 aromatic carbocycles. The van der Waals surface area contributed by atoms with Crippen molar-refractivity contribution >= 4 is 10.0 Å². The molecule has 0 bridgehead atoms. The first-order chi connectivity index (χ1) is 8.90. The average molecular weight is 284 g/mol. The van der Waals surface area contributed by atoms with Crippen LogP contribution in [0.5, 0.6) is 0 Å². The number of rotatable bonds is 5. The van der Waals surface area contributed by atoms with Gasteiger partial charge in [0.05, 0.1) is 17.6 Å². The fraction of sp³-hybridized carbons (Fsp3) is 0.455. The topological polar surface area (TPSA) is 101 Å². The lowest BCUT2D eigenvalue weighted by Crippen LogP contribution is -2.26. The molecule has 0 radical (unpaired) electrons. The Balaban J connectivity index is 2.03. The lowest BCUT2D eigenvalue weighted by Gasteiger charge is -2.05. The molecule has 0 unspecified atom stereocenters. The SMILES string of the molecule is Cc1cnc(CCNS(=O)(=O)c2c(C)n[nH]c2C)o1. The molecule has 19 heavy (non-hydrogen) atoms. The van der Waals surface area contributed by atoms with Crippen LogP contribution in [0.2, 0.25) is 0 Å². The van der Waals surface area contributed by atoms with Crippen molar-refractivity contribution in [2.24, 2.45) is 0 Å². The molecular formula is C11H16N4O3S. The van der Waals surface area contributed by atoms with Gasteiger partial charge >= 0.3 is 0 Å². The molecule has 0 saturated heterocycles. The highest BCUT2D eigenvalue weighted by atomic mass is 32.2. The highest BCUT2D eigenvalue weighted by molar-refractivity contribution is 7.89. The number of nitrogens with zero attached hydrogens (tertiary/aromatic N) is 2. The molecule has 0 aliphatic rings. The third-order valence-corrected chi connectivity index (χ3v) is 4.35. The Morgan fingerprint density at radius 3 is 2.63 bits per heavy atom. The minimum atomic E-state index is -3.55. The standard InChI is InChI=1S/C11H16N4O3S/c1-7-6-12-10(18-7)4-5-13-19(16,17)11-8(2)14-15-9(11)3/h6,13H,4-5H2,1-3H3,(H,14,15). The number of aromatic nitrogens is 3. The van der Waals surface area contributed by atoms with E-state index in [1.807, 2.05) is 0 Å². The maximum atomic E-state index is 12.1. The van der Waals surface area contributed by atoms with Gasteiger partial charge in [0.25, 0.3) is 0 Å². The van der Waals surface area contributed by atoms with Gasteiger partial charge in [0.2, 0.25) is 10.0 Å². The molecule has 2 rings (SSSR count). The third kappa shape index (κ3) is 3.02. The van der Waals surface area contributed by atoms with E-state index in [1.165, 1.54) is 0 Å². The summed E-state index contributed by atoms with van der Waals surface area (Å²) >= 11 is 0. The zero-order valence-electron chi connectivity index (χ0n) is 11.0. The van der Waals surface area contributed by atoms with Crippen molar-refractivity contribution in [2.45, 2.75) is 32.1 Å². The van der Waals surface area contributed by atoms with Crippen molar-refractivity contribution in [1.82, 2.24) is 19.9 Å². The monoisotopic (exact) mass is 284 g/mol. The molecule has 8 heteroatoms. The zero-order chi connectivity index (χ0) is 14.0. The van der Waals surface area contributed by atoms with Gasteiger partial charge in [-0.2, -0.15) is 5.10 Å². The van der Waals surface area contributed by atoms with Gasteiger partial charge in [0, 0.05) is 13.0 Å². The molecule has 7 nitrogen and oxygen atoms in total. The minimum Gasteiger partial charge on any atom is -0.446 e. The summed E-state index contributed by atoms with van der Waals surface area (Å²) in [6.07, 6.45) is 2.01. The second-order valence-corrected chi connectivity index (χ2v) is 5.98. The Labute approximate surface area is 111 Å². The highest BCUT2D eigenvalue weighted by Crippen LogP contribution is 2.16. The van der Waals surface area contributed by atoms with E-state index >= 15 is 0 Å². The van der Waals surface area contributed by atoms with E-state index in [4.69, 9.17) is 4.42 Å². The van der Waals surface area contributed by atoms with Crippen LogP contribution in [-0.2, 0) is 16.4 Å². The molecule has 0 spiro atoms. The second kappa shape index (κ2) is 5.14. The summed E-state index contributed by atoms with van der Waals surface area (Å²) in [6.45, 7) is 5.34. The Bertz CT molecular complexity index is 652. The van der Waals surface area contributed by atoms with Crippen LogP contribution in [0.4, 0.5) is 0 Å².